The van der Waals surface area contributed by atoms with Crippen molar-refractivity contribution in [1.82, 2.24) is 5.32 Å². The molecule has 1 atom stereocenters. The third-order valence-corrected chi connectivity index (χ3v) is 4.45. The summed E-state index contributed by atoms with van der Waals surface area (Å²) in [6.45, 7) is 10.1. The third-order valence-electron chi connectivity index (χ3n) is 4.45. The van der Waals surface area contributed by atoms with E-state index in [0.717, 1.165) is 13.1 Å². The molecule has 20 heavy (non-hydrogen) atoms. The second kappa shape index (κ2) is 7.68. The number of hydrogen-bond donors (Lipinski definition) is 1. The van der Waals surface area contributed by atoms with Crippen LogP contribution in [0.4, 0.5) is 5.69 Å². The number of nitrogens with one attached hydrogen (secondary N) is 1. The lowest BCUT2D eigenvalue weighted by atomic mass is 10.1. The van der Waals surface area contributed by atoms with Gasteiger partial charge in [0.2, 0.25) is 0 Å². The summed E-state index contributed by atoms with van der Waals surface area (Å²) >= 11 is 0. The molecule has 112 valence electrons. The molecule has 1 heterocycles. The second-order valence-corrected chi connectivity index (χ2v) is 6.18. The maximum atomic E-state index is 3.50. The first-order valence-electron chi connectivity index (χ1n) is 8.29. The molecule has 1 aliphatic heterocycles. The van der Waals surface area contributed by atoms with Crippen LogP contribution in [-0.2, 0) is 6.54 Å². The van der Waals surface area contributed by atoms with Crippen molar-refractivity contribution in [1.29, 1.82) is 0 Å². The fourth-order valence-corrected chi connectivity index (χ4v) is 3.12. The van der Waals surface area contributed by atoms with Gasteiger partial charge in [0.25, 0.3) is 0 Å². The minimum absolute atomic E-state index is 0.681. The maximum Gasteiger partial charge on any atom is 0.0371 e. The molecular weight excluding hydrogens is 244 g/mol. The molecule has 1 aliphatic rings. The molecule has 0 amide bonds. The largest absolute Gasteiger partial charge is 0.369 e. The SMILES string of the molecule is CCCNCc1ccc(N2CCCCCC2C)cc1C. The van der Waals surface area contributed by atoms with Crippen LogP contribution in [-0.4, -0.2) is 19.1 Å². The van der Waals surface area contributed by atoms with Gasteiger partial charge in [0.05, 0.1) is 0 Å². The van der Waals surface area contributed by atoms with Gasteiger partial charge >= 0.3 is 0 Å². The zero-order valence-corrected chi connectivity index (χ0v) is 13.4. The maximum absolute atomic E-state index is 3.50. The lowest BCUT2D eigenvalue weighted by molar-refractivity contribution is 0.616. The zero-order chi connectivity index (χ0) is 14.4. The molecule has 1 fully saturated rings. The monoisotopic (exact) mass is 274 g/mol. The Morgan fingerprint density at radius 2 is 2.10 bits per heavy atom. The molecule has 0 spiro atoms. The molecular formula is C18H30N2. The molecule has 2 rings (SSSR count). The Morgan fingerprint density at radius 3 is 2.85 bits per heavy atom. The molecule has 0 bridgehead atoms. The first-order chi connectivity index (χ1) is 9.72. The van der Waals surface area contributed by atoms with Crippen LogP contribution < -0.4 is 10.2 Å². The van der Waals surface area contributed by atoms with Crippen molar-refractivity contribution in [2.45, 2.75) is 65.5 Å². The summed E-state index contributed by atoms with van der Waals surface area (Å²) in [7, 11) is 0. The van der Waals surface area contributed by atoms with E-state index in [1.165, 1.54) is 55.5 Å². The van der Waals surface area contributed by atoms with Gasteiger partial charge < -0.3 is 10.2 Å². The van der Waals surface area contributed by atoms with E-state index >= 15 is 0 Å². The first-order valence-corrected chi connectivity index (χ1v) is 8.29. The Bertz CT molecular complexity index is 414. The van der Waals surface area contributed by atoms with Crippen LogP contribution in [0.2, 0.25) is 0 Å². The molecule has 0 aromatic heterocycles. The van der Waals surface area contributed by atoms with Crippen molar-refractivity contribution in [3.05, 3.63) is 29.3 Å². The van der Waals surface area contributed by atoms with Crippen LogP contribution in [0.25, 0.3) is 0 Å². The topological polar surface area (TPSA) is 15.3 Å². The zero-order valence-electron chi connectivity index (χ0n) is 13.4. The normalized spacial score (nSPS) is 19.9. The van der Waals surface area contributed by atoms with Gasteiger partial charge in [0.15, 0.2) is 0 Å². The first kappa shape index (κ1) is 15.4. The van der Waals surface area contributed by atoms with Crippen molar-refractivity contribution in [3.8, 4) is 0 Å². The molecule has 1 N–H and O–H groups in total. The molecule has 1 aromatic carbocycles. The molecule has 1 unspecified atom stereocenters. The average molecular weight is 274 g/mol. The van der Waals surface area contributed by atoms with Gasteiger partial charge in [-0.1, -0.05) is 25.8 Å². The van der Waals surface area contributed by atoms with Crippen LogP contribution in [0.3, 0.4) is 0 Å². The van der Waals surface area contributed by atoms with Gasteiger partial charge in [-0.05, 0) is 62.9 Å². The van der Waals surface area contributed by atoms with Crippen LogP contribution in [0, 0.1) is 6.92 Å². The van der Waals surface area contributed by atoms with E-state index in [1.807, 2.05) is 0 Å². The van der Waals surface area contributed by atoms with E-state index in [-0.39, 0.29) is 0 Å². The van der Waals surface area contributed by atoms with Crippen LogP contribution in [0.5, 0.6) is 0 Å². The summed E-state index contributed by atoms with van der Waals surface area (Å²) in [5, 5.41) is 3.50. The van der Waals surface area contributed by atoms with Crippen molar-refractivity contribution >= 4 is 5.69 Å². The lowest BCUT2D eigenvalue weighted by Gasteiger charge is -2.30. The van der Waals surface area contributed by atoms with Crippen molar-refractivity contribution in [2.75, 3.05) is 18.0 Å². The Hall–Kier alpha value is -1.02. The summed E-state index contributed by atoms with van der Waals surface area (Å²) in [5.41, 5.74) is 4.27. The Labute approximate surface area is 124 Å². The van der Waals surface area contributed by atoms with E-state index in [9.17, 15) is 0 Å². The van der Waals surface area contributed by atoms with E-state index in [2.05, 4.69) is 49.2 Å². The van der Waals surface area contributed by atoms with Crippen LogP contribution >= 0.6 is 0 Å². The van der Waals surface area contributed by atoms with Crippen LogP contribution in [0.15, 0.2) is 18.2 Å². The predicted octanol–water partition coefficient (Wildman–Crippen LogP) is 4.26. The van der Waals surface area contributed by atoms with Crippen molar-refractivity contribution < 1.29 is 0 Å². The molecule has 0 aliphatic carbocycles. The van der Waals surface area contributed by atoms with Crippen molar-refractivity contribution in [2.24, 2.45) is 0 Å². The van der Waals surface area contributed by atoms with E-state index in [4.69, 9.17) is 0 Å². The van der Waals surface area contributed by atoms with Gasteiger partial charge in [0, 0.05) is 24.8 Å². The standard InChI is InChI=1S/C18H30N2/c1-4-11-19-14-17-9-10-18(13-15(17)2)20-12-7-5-6-8-16(20)3/h9-10,13,16,19H,4-8,11-12,14H2,1-3H3. The molecule has 2 nitrogen and oxygen atoms in total. The summed E-state index contributed by atoms with van der Waals surface area (Å²) in [4.78, 5) is 2.60. The van der Waals surface area contributed by atoms with E-state index in [0.29, 0.717) is 6.04 Å². The minimum atomic E-state index is 0.681. The van der Waals surface area contributed by atoms with Gasteiger partial charge in [0.1, 0.15) is 0 Å². The third kappa shape index (κ3) is 3.99. The number of benzene rings is 1. The molecule has 1 saturated heterocycles. The number of aryl methyl sites for hydroxylation is 1. The Morgan fingerprint density at radius 1 is 1.25 bits per heavy atom. The fourth-order valence-electron chi connectivity index (χ4n) is 3.12. The lowest BCUT2D eigenvalue weighted by Crippen LogP contribution is -2.32. The number of anilines is 1. The number of nitrogens with zero attached hydrogens (tertiary/aromatic N) is 1. The number of hydrogen-bond acceptors (Lipinski definition) is 2. The molecule has 0 radical (unpaired) electrons. The summed E-state index contributed by atoms with van der Waals surface area (Å²) in [5.74, 6) is 0. The highest BCUT2D eigenvalue weighted by molar-refractivity contribution is 5.51. The van der Waals surface area contributed by atoms with Gasteiger partial charge in [-0.3, -0.25) is 0 Å². The summed E-state index contributed by atoms with van der Waals surface area (Å²) in [6.07, 6.45) is 6.64. The number of rotatable bonds is 5. The highest BCUT2D eigenvalue weighted by Crippen LogP contribution is 2.26. The second-order valence-electron chi connectivity index (χ2n) is 6.18. The summed E-state index contributed by atoms with van der Waals surface area (Å²) < 4.78 is 0. The van der Waals surface area contributed by atoms with E-state index < -0.39 is 0 Å². The summed E-state index contributed by atoms with van der Waals surface area (Å²) in [6, 6.07) is 7.69. The Kier molecular flexibility index (Phi) is 5.90. The molecule has 1 aromatic rings. The van der Waals surface area contributed by atoms with Gasteiger partial charge in [-0.2, -0.15) is 0 Å². The highest BCUT2D eigenvalue weighted by atomic mass is 15.2. The molecule has 2 heteroatoms. The minimum Gasteiger partial charge on any atom is -0.369 e. The smallest absolute Gasteiger partial charge is 0.0371 e. The average Bonchev–Trinajstić information content (AvgIpc) is 2.65. The van der Waals surface area contributed by atoms with Gasteiger partial charge in [-0.15, -0.1) is 0 Å². The van der Waals surface area contributed by atoms with Crippen molar-refractivity contribution in [3.63, 3.8) is 0 Å². The van der Waals surface area contributed by atoms with E-state index in [1.54, 1.807) is 0 Å². The quantitative estimate of drug-likeness (QED) is 0.807. The van der Waals surface area contributed by atoms with Crippen LogP contribution in [0.1, 0.15) is 57.1 Å². The highest BCUT2D eigenvalue weighted by Gasteiger charge is 2.17. The fraction of sp³-hybridized carbons (Fsp3) is 0.667. The Balaban J connectivity index is 2.07. The van der Waals surface area contributed by atoms with Gasteiger partial charge in [-0.25, -0.2) is 0 Å². The molecule has 0 saturated carbocycles. The predicted molar refractivity (Wildman–Crippen MR) is 88.5 cm³/mol.